The molecule has 0 heterocycles. The highest BCUT2D eigenvalue weighted by Crippen LogP contribution is 2.26. The van der Waals surface area contributed by atoms with Gasteiger partial charge >= 0.3 is 12.5 Å². The molecule has 0 bridgehead atoms. The van der Waals surface area contributed by atoms with Crippen molar-refractivity contribution < 1.29 is 32.5 Å². The molecule has 0 aromatic heterocycles. The number of allylic oxidation sites excluding steroid dienone is 1. The Bertz CT molecular complexity index is 959. The van der Waals surface area contributed by atoms with Gasteiger partial charge in [-0.3, -0.25) is 5.32 Å². The predicted octanol–water partition coefficient (Wildman–Crippen LogP) is 4.79. The largest absolute Gasteiger partial charge is 0.871 e. The SMILES string of the molecule is CC(=N)/C(NC(=O)OC(C)c1ccccc1Cl)=C(\[O-])c1ccc(OC(F)(F)F)cc1. The van der Waals surface area contributed by atoms with Gasteiger partial charge in [-0.15, -0.1) is 13.2 Å². The second-order valence-corrected chi connectivity index (χ2v) is 6.50. The summed E-state index contributed by atoms with van der Waals surface area (Å²) in [5, 5.41) is 22.9. The van der Waals surface area contributed by atoms with Crippen LogP contribution in [0.2, 0.25) is 5.02 Å². The minimum atomic E-state index is -4.86. The number of carbonyl (C=O) groups excluding carboxylic acids is 1. The predicted molar refractivity (Wildman–Crippen MR) is 103 cm³/mol. The molecule has 1 amide bonds. The molecule has 160 valence electrons. The van der Waals surface area contributed by atoms with Crippen LogP contribution in [0.3, 0.4) is 0 Å². The van der Waals surface area contributed by atoms with Gasteiger partial charge in [0.25, 0.3) is 0 Å². The number of alkyl halides is 3. The van der Waals surface area contributed by atoms with E-state index in [-0.39, 0.29) is 17.0 Å². The number of amides is 1. The number of ether oxygens (including phenoxy) is 2. The number of hydrogen-bond acceptors (Lipinski definition) is 5. The summed E-state index contributed by atoms with van der Waals surface area (Å²) in [5.41, 5.74) is -0.145. The van der Waals surface area contributed by atoms with Crippen molar-refractivity contribution in [3.63, 3.8) is 0 Å². The molecule has 2 rings (SSSR count). The van der Waals surface area contributed by atoms with Gasteiger partial charge in [0.2, 0.25) is 0 Å². The standard InChI is InChI=1S/C20H18ClF3N2O4/c1-11(25)17(18(27)13-7-9-14(10-8-13)30-20(22,23)24)26-19(28)29-12(2)15-5-3-4-6-16(15)21/h3-10,12,25,27H,1-2H3,(H,26,28)/p-1/b18-17+,25-11?. The lowest BCUT2D eigenvalue weighted by atomic mass is 10.1. The zero-order valence-corrected chi connectivity index (χ0v) is 16.6. The maximum atomic E-state index is 12.6. The van der Waals surface area contributed by atoms with Crippen LogP contribution in [0.5, 0.6) is 5.75 Å². The van der Waals surface area contributed by atoms with Crippen molar-refractivity contribution in [2.45, 2.75) is 26.3 Å². The van der Waals surface area contributed by atoms with Crippen molar-refractivity contribution in [1.82, 2.24) is 5.32 Å². The quantitative estimate of drug-likeness (QED) is 0.497. The van der Waals surface area contributed by atoms with Crippen LogP contribution in [0.15, 0.2) is 54.2 Å². The van der Waals surface area contributed by atoms with E-state index in [4.69, 9.17) is 21.7 Å². The van der Waals surface area contributed by atoms with Gasteiger partial charge in [0.1, 0.15) is 11.9 Å². The summed E-state index contributed by atoms with van der Waals surface area (Å²) in [6, 6.07) is 10.8. The van der Waals surface area contributed by atoms with Gasteiger partial charge in [0.15, 0.2) is 0 Å². The van der Waals surface area contributed by atoms with Gasteiger partial charge in [0, 0.05) is 10.6 Å². The van der Waals surface area contributed by atoms with E-state index in [0.717, 1.165) is 24.3 Å². The Hall–Kier alpha value is -3.20. The Morgan fingerprint density at radius 1 is 1.17 bits per heavy atom. The number of hydrogen-bond donors (Lipinski definition) is 2. The van der Waals surface area contributed by atoms with Crippen LogP contribution in [0.1, 0.15) is 31.1 Å². The maximum Gasteiger partial charge on any atom is 0.573 e. The molecule has 1 unspecified atom stereocenters. The van der Waals surface area contributed by atoms with Crippen LogP contribution in [0.4, 0.5) is 18.0 Å². The van der Waals surface area contributed by atoms with Crippen molar-refractivity contribution >= 4 is 29.2 Å². The van der Waals surface area contributed by atoms with Crippen LogP contribution in [-0.4, -0.2) is 18.2 Å². The molecular formula is C20H17ClF3N2O4-. The van der Waals surface area contributed by atoms with Crippen molar-refractivity contribution in [3.8, 4) is 5.75 Å². The molecule has 0 radical (unpaired) electrons. The molecule has 10 heteroatoms. The monoisotopic (exact) mass is 441 g/mol. The summed E-state index contributed by atoms with van der Waals surface area (Å²) in [4.78, 5) is 12.2. The lowest BCUT2D eigenvalue weighted by Crippen LogP contribution is -2.31. The average Bonchev–Trinajstić information content (AvgIpc) is 2.65. The van der Waals surface area contributed by atoms with E-state index in [2.05, 4.69) is 10.1 Å². The molecule has 0 saturated carbocycles. The fourth-order valence-electron chi connectivity index (χ4n) is 2.43. The van der Waals surface area contributed by atoms with E-state index in [1.165, 1.54) is 6.92 Å². The fourth-order valence-corrected chi connectivity index (χ4v) is 2.72. The third-order valence-electron chi connectivity index (χ3n) is 3.81. The molecule has 6 nitrogen and oxygen atoms in total. The van der Waals surface area contributed by atoms with E-state index in [1.54, 1.807) is 31.2 Å². The first-order valence-electron chi connectivity index (χ1n) is 8.53. The molecular weight excluding hydrogens is 425 g/mol. The highest BCUT2D eigenvalue weighted by molar-refractivity contribution is 6.31. The van der Waals surface area contributed by atoms with Gasteiger partial charge in [0.05, 0.1) is 11.4 Å². The van der Waals surface area contributed by atoms with Crippen LogP contribution >= 0.6 is 11.6 Å². The second-order valence-electron chi connectivity index (χ2n) is 6.10. The number of benzene rings is 2. The van der Waals surface area contributed by atoms with Gasteiger partial charge in [-0.05, 0) is 37.6 Å². The molecule has 2 N–H and O–H groups in total. The van der Waals surface area contributed by atoms with E-state index in [1.807, 2.05) is 0 Å². The first kappa shape index (κ1) is 23.1. The summed E-state index contributed by atoms with van der Waals surface area (Å²) in [7, 11) is 0. The van der Waals surface area contributed by atoms with E-state index in [9.17, 15) is 23.1 Å². The number of rotatable bonds is 6. The lowest BCUT2D eigenvalue weighted by molar-refractivity contribution is -0.274. The Morgan fingerprint density at radius 3 is 2.30 bits per heavy atom. The van der Waals surface area contributed by atoms with Gasteiger partial charge in [-0.25, -0.2) is 4.79 Å². The minimum Gasteiger partial charge on any atom is -0.871 e. The molecule has 0 fully saturated rings. The number of halogens is 4. The fraction of sp³-hybridized carbons (Fsp3) is 0.200. The summed E-state index contributed by atoms with van der Waals surface area (Å²) in [5.74, 6) is -1.28. The summed E-state index contributed by atoms with van der Waals surface area (Å²) in [6.07, 6.45) is -6.59. The Kier molecular flexibility index (Phi) is 7.33. The topological polar surface area (TPSA) is 94.5 Å². The van der Waals surface area contributed by atoms with Crippen molar-refractivity contribution in [2.75, 3.05) is 0 Å². The average molecular weight is 442 g/mol. The molecule has 2 aromatic rings. The Morgan fingerprint density at radius 2 is 1.77 bits per heavy atom. The van der Waals surface area contributed by atoms with Crippen LogP contribution < -0.4 is 15.2 Å². The van der Waals surface area contributed by atoms with Gasteiger partial charge in [-0.1, -0.05) is 47.7 Å². The number of alkyl carbamates (subject to hydrolysis) is 1. The highest BCUT2D eigenvalue weighted by atomic mass is 35.5. The molecule has 0 aliphatic rings. The zero-order chi connectivity index (χ0) is 22.5. The third-order valence-corrected chi connectivity index (χ3v) is 4.15. The first-order chi connectivity index (χ1) is 14.0. The molecule has 0 aliphatic heterocycles. The highest BCUT2D eigenvalue weighted by Gasteiger charge is 2.31. The molecule has 2 aromatic carbocycles. The first-order valence-corrected chi connectivity index (χ1v) is 8.90. The van der Waals surface area contributed by atoms with Crippen LogP contribution in [0, 0.1) is 5.41 Å². The Labute approximate surface area is 175 Å². The zero-order valence-electron chi connectivity index (χ0n) is 15.8. The van der Waals surface area contributed by atoms with Crippen LogP contribution in [0.25, 0.3) is 5.76 Å². The normalized spacial score (nSPS) is 13.1. The molecule has 1 atom stereocenters. The lowest BCUT2D eigenvalue weighted by Gasteiger charge is -2.21. The maximum absolute atomic E-state index is 12.6. The van der Waals surface area contributed by atoms with Crippen molar-refractivity contribution in [2.24, 2.45) is 0 Å². The number of nitrogens with one attached hydrogen (secondary N) is 2. The van der Waals surface area contributed by atoms with E-state index < -0.39 is 30.1 Å². The van der Waals surface area contributed by atoms with Crippen LogP contribution in [-0.2, 0) is 4.74 Å². The Balaban J connectivity index is 2.17. The minimum absolute atomic E-state index is 0.0504. The molecule has 0 aliphatic carbocycles. The molecule has 0 saturated heterocycles. The van der Waals surface area contributed by atoms with Crippen molar-refractivity contribution in [1.29, 1.82) is 5.41 Å². The molecule has 30 heavy (non-hydrogen) atoms. The summed E-state index contributed by atoms with van der Waals surface area (Å²) >= 11 is 6.06. The third kappa shape index (κ3) is 6.41. The van der Waals surface area contributed by atoms with E-state index in [0.29, 0.717) is 10.6 Å². The summed E-state index contributed by atoms with van der Waals surface area (Å²) < 4.78 is 45.7. The van der Waals surface area contributed by atoms with Gasteiger partial charge in [-0.2, -0.15) is 0 Å². The second kappa shape index (κ2) is 9.53. The van der Waals surface area contributed by atoms with Crippen molar-refractivity contribution in [3.05, 3.63) is 70.4 Å². The van der Waals surface area contributed by atoms with E-state index >= 15 is 0 Å². The van der Waals surface area contributed by atoms with Gasteiger partial charge < -0.3 is 20.0 Å². The molecule has 0 spiro atoms. The number of carbonyl (C=O) groups is 1. The smallest absolute Gasteiger partial charge is 0.573 e. The summed E-state index contributed by atoms with van der Waals surface area (Å²) in [6.45, 7) is 2.85.